The molecule has 0 aromatic heterocycles. The van der Waals surface area contributed by atoms with Crippen LogP contribution in [0.25, 0.3) is 0 Å². The Morgan fingerprint density at radius 3 is 2.30 bits per heavy atom. The van der Waals surface area contributed by atoms with Crippen molar-refractivity contribution in [3.63, 3.8) is 0 Å². The van der Waals surface area contributed by atoms with E-state index in [4.69, 9.17) is 10.5 Å². The Balaban J connectivity index is 2.40. The minimum absolute atomic E-state index is 0.116. The number of methoxy groups -OCH3 is 1. The van der Waals surface area contributed by atoms with Crippen molar-refractivity contribution in [2.24, 2.45) is 5.73 Å². The Bertz CT molecular complexity index is 495. The summed E-state index contributed by atoms with van der Waals surface area (Å²) >= 11 is 0. The van der Waals surface area contributed by atoms with E-state index >= 15 is 0 Å². The molecule has 2 rings (SSSR count). The molecular weight excluding hydrogens is 268 g/mol. The molecule has 112 valence electrons. The van der Waals surface area contributed by atoms with Crippen molar-refractivity contribution in [3.05, 3.63) is 17.7 Å². The maximum Gasteiger partial charge on any atom is 0.248 e. The lowest BCUT2D eigenvalue weighted by Gasteiger charge is -2.40. The van der Waals surface area contributed by atoms with Gasteiger partial charge in [0.2, 0.25) is 11.7 Å². The maximum absolute atomic E-state index is 13.3. The lowest BCUT2D eigenvalue weighted by molar-refractivity contribution is -0.0509. The van der Waals surface area contributed by atoms with Gasteiger partial charge in [0.05, 0.1) is 7.11 Å². The maximum atomic E-state index is 13.3. The molecule has 1 saturated carbocycles. The number of hydrogen-bond donors (Lipinski definition) is 3. The highest BCUT2D eigenvalue weighted by Crippen LogP contribution is 2.48. The quantitative estimate of drug-likeness (QED) is 0.747. The molecule has 0 saturated heterocycles. The smallest absolute Gasteiger partial charge is 0.248 e. The molecule has 0 atom stereocenters. The van der Waals surface area contributed by atoms with Crippen molar-refractivity contribution in [1.29, 1.82) is 0 Å². The van der Waals surface area contributed by atoms with Crippen LogP contribution in [0.2, 0.25) is 0 Å². The number of halogens is 2. The van der Waals surface area contributed by atoms with E-state index in [1.165, 1.54) is 13.2 Å². The minimum Gasteiger partial charge on any atom is -0.504 e. The van der Waals surface area contributed by atoms with E-state index in [-0.39, 0.29) is 49.5 Å². The fourth-order valence-electron chi connectivity index (χ4n) is 2.76. The zero-order valence-corrected chi connectivity index (χ0v) is 11.3. The summed E-state index contributed by atoms with van der Waals surface area (Å²) < 4.78 is 31.7. The van der Waals surface area contributed by atoms with Crippen LogP contribution in [0.3, 0.4) is 0 Å². The highest BCUT2D eigenvalue weighted by atomic mass is 19.3. The van der Waals surface area contributed by atoms with Crippen molar-refractivity contribution in [2.45, 2.75) is 37.0 Å². The molecule has 0 amide bonds. The first-order valence-electron chi connectivity index (χ1n) is 6.52. The molecule has 4 nitrogen and oxygen atoms in total. The number of phenols is 2. The molecule has 4 N–H and O–H groups in total. The predicted octanol–water partition coefficient (Wildman–Crippen LogP) is 2.51. The lowest BCUT2D eigenvalue weighted by Crippen LogP contribution is -2.42. The van der Waals surface area contributed by atoms with Gasteiger partial charge in [-0.15, -0.1) is 0 Å². The Labute approximate surface area is 116 Å². The van der Waals surface area contributed by atoms with Crippen molar-refractivity contribution in [3.8, 4) is 17.2 Å². The summed E-state index contributed by atoms with van der Waals surface area (Å²) in [6, 6.07) is 2.94. The van der Waals surface area contributed by atoms with Gasteiger partial charge in [-0.05, 0) is 30.5 Å². The number of aromatic hydroxyl groups is 2. The Hall–Kier alpha value is -1.56. The normalized spacial score (nSPS) is 20.6. The van der Waals surface area contributed by atoms with Gasteiger partial charge in [-0.25, -0.2) is 8.78 Å². The van der Waals surface area contributed by atoms with Gasteiger partial charge in [-0.2, -0.15) is 0 Å². The number of ether oxygens (including phenoxy) is 1. The standard InChI is InChI=1S/C14H19F2NO3/c1-20-11-7-9(6-10(18)12(11)19)13(8-17)2-4-14(15,16)5-3-13/h6-7,18-19H,2-5,8,17H2,1H3. The highest BCUT2D eigenvalue weighted by molar-refractivity contribution is 5.53. The van der Waals surface area contributed by atoms with Crippen LogP contribution in [0.1, 0.15) is 31.2 Å². The van der Waals surface area contributed by atoms with Crippen molar-refractivity contribution in [1.82, 2.24) is 0 Å². The SMILES string of the molecule is COc1cc(C2(CN)CCC(F)(F)CC2)cc(O)c1O. The van der Waals surface area contributed by atoms with Crippen molar-refractivity contribution in [2.75, 3.05) is 13.7 Å². The average Bonchev–Trinajstić information content (AvgIpc) is 2.42. The van der Waals surface area contributed by atoms with Crippen LogP contribution in [-0.4, -0.2) is 29.8 Å². The van der Waals surface area contributed by atoms with Gasteiger partial charge in [0.15, 0.2) is 11.5 Å². The van der Waals surface area contributed by atoms with Crippen molar-refractivity contribution < 1.29 is 23.7 Å². The largest absolute Gasteiger partial charge is 0.504 e. The van der Waals surface area contributed by atoms with E-state index in [1.807, 2.05) is 0 Å². The molecule has 0 bridgehead atoms. The molecule has 1 aromatic carbocycles. The lowest BCUT2D eigenvalue weighted by atomic mass is 9.68. The fourth-order valence-corrected chi connectivity index (χ4v) is 2.76. The number of nitrogens with two attached hydrogens (primary N) is 1. The second-order valence-corrected chi connectivity index (χ2v) is 5.39. The third-order valence-electron chi connectivity index (χ3n) is 4.22. The van der Waals surface area contributed by atoms with Crippen LogP contribution in [-0.2, 0) is 5.41 Å². The van der Waals surface area contributed by atoms with E-state index in [1.54, 1.807) is 6.07 Å². The Morgan fingerprint density at radius 1 is 1.20 bits per heavy atom. The number of phenolic OH excluding ortho intramolecular Hbond substituents is 2. The summed E-state index contributed by atoms with van der Waals surface area (Å²) in [5.41, 5.74) is 5.83. The fraction of sp³-hybridized carbons (Fsp3) is 0.571. The highest BCUT2D eigenvalue weighted by Gasteiger charge is 2.44. The summed E-state index contributed by atoms with van der Waals surface area (Å²) in [5.74, 6) is -3.22. The molecule has 0 heterocycles. The van der Waals surface area contributed by atoms with Crippen LogP contribution in [0.4, 0.5) is 8.78 Å². The second kappa shape index (κ2) is 5.09. The van der Waals surface area contributed by atoms with E-state index in [0.717, 1.165) is 0 Å². The van der Waals surface area contributed by atoms with Gasteiger partial charge >= 0.3 is 0 Å². The summed E-state index contributed by atoms with van der Waals surface area (Å²) in [6.07, 6.45) is 0.0239. The summed E-state index contributed by atoms with van der Waals surface area (Å²) in [6.45, 7) is 0.205. The molecule has 1 fully saturated rings. The third-order valence-corrected chi connectivity index (χ3v) is 4.22. The molecule has 0 radical (unpaired) electrons. The van der Waals surface area contributed by atoms with Gasteiger partial charge in [0.25, 0.3) is 0 Å². The zero-order chi connectivity index (χ0) is 15.0. The van der Waals surface area contributed by atoms with Gasteiger partial charge in [-0.1, -0.05) is 0 Å². The molecule has 0 unspecified atom stereocenters. The topological polar surface area (TPSA) is 75.7 Å². The summed E-state index contributed by atoms with van der Waals surface area (Å²) in [5, 5.41) is 19.4. The molecule has 1 aliphatic rings. The second-order valence-electron chi connectivity index (χ2n) is 5.39. The molecule has 0 spiro atoms. The van der Waals surface area contributed by atoms with E-state index in [0.29, 0.717) is 5.56 Å². The zero-order valence-electron chi connectivity index (χ0n) is 11.3. The Kier molecular flexibility index (Phi) is 3.77. The number of rotatable bonds is 3. The van der Waals surface area contributed by atoms with Gasteiger partial charge in [-0.3, -0.25) is 0 Å². The molecule has 0 aliphatic heterocycles. The Morgan fingerprint density at radius 2 is 1.80 bits per heavy atom. The van der Waals surface area contributed by atoms with Gasteiger partial charge < -0.3 is 20.7 Å². The third kappa shape index (κ3) is 2.52. The van der Waals surface area contributed by atoms with E-state index in [9.17, 15) is 19.0 Å². The van der Waals surface area contributed by atoms with Crippen LogP contribution >= 0.6 is 0 Å². The van der Waals surface area contributed by atoms with Crippen LogP contribution < -0.4 is 10.5 Å². The minimum atomic E-state index is -2.65. The molecular formula is C14H19F2NO3. The first kappa shape index (κ1) is 14.8. The number of benzene rings is 1. The average molecular weight is 287 g/mol. The monoisotopic (exact) mass is 287 g/mol. The van der Waals surface area contributed by atoms with Crippen LogP contribution in [0.5, 0.6) is 17.2 Å². The molecule has 1 aromatic rings. The predicted molar refractivity (Wildman–Crippen MR) is 70.5 cm³/mol. The van der Waals surface area contributed by atoms with Crippen molar-refractivity contribution >= 4 is 0 Å². The number of hydrogen-bond acceptors (Lipinski definition) is 4. The van der Waals surface area contributed by atoms with Crippen LogP contribution in [0, 0.1) is 0 Å². The van der Waals surface area contributed by atoms with E-state index < -0.39 is 11.3 Å². The summed E-state index contributed by atoms with van der Waals surface area (Å²) in [4.78, 5) is 0. The number of alkyl halides is 2. The molecule has 1 aliphatic carbocycles. The first-order valence-corrected chi connectivity index (χ1v) is 6.52. The van der Waals surface area contributed by atoms with Gasteiger partial charge in [0.1, 0.15) is 0 Å². The van der Waals surface area contributed by atoms with E-state index in [2.05, 4.69) is 0 Å². The first-order chi connectivity index (χ1) is 9.33. The van der Waals surface area contributed by atoms with Crippen LogP contribution in [0.15, 0.2) is 12.1 Å². The molecule has 6 heteroatoms. The summed E-state index contributed by atoms with van der Waals surface area (Å²) in [7, 11) is 1.36. The van der Waals surface area contributed by atoms with Gasteiger partial charge in [0, 0.05) is 24.8 Å². The molecule has 20 heavy (non-hydrogen) atoms.